The Kier molecular flexibility index (Phi) is 20.6. The number of para-hydroxylation sites is 2. The third-order valence-electron chi connectivity index (χ3n) is 10.4. The second kappa shape index (κ2) is 27.0. The number of benzene rings is 4. The summed E-state index contributed by atoms with van der Waals surface area (Å²) in [4.78, 5) is 4.92. The first-order chi connectivity index (χ1) is 37.0. The number of hydrogen-bond acceptors (Lipinski definition) is 32. The molecule has 0 saturated carbocycles. The lowest BCUT2D eigenvalue weighted by Gasteiger charge is -2.26. The van der Waals surface area contributed by atoms with E-state index in [1.807, 2.05) is 0 Å². The fraction of sp³-hybridized carbons (Fsp3) is 0.250. The number of rotatable bonds is 28. The number of phenolic OH excluding ortho intramolecular Hbond substituents is 1. The van der Waals surface area contributed by atoms with E-state index in [1.165, 1.54) is 48.4 Å². The van der Waals surface area contributed by atoms with E-state index in [-0.39, 0.29) is 98.0 Å². The average Bonchev–Trinajstić information content (AvgIpc) is 4.04. The number of nitrogens with zero attached hydrogens (tertiary/aromatic N) is 12. The minimum Gasteiger partial charge on any atom is -0.505 e. The van der Waals surface area contributed by atoms with Crippen molar-refractivity contribution in [3.63, 3.8) is 0 Å². The largest absolute Gasteiger partial charge is 0.505 e. The van der Waals surface area contributed by atoms with Crippen molar-refractivity contribution in [2.24, 2.45) is 30.7 Å². The van der Waals surface area contributed by atoms with E-state index in [2.05, 4.69) is 75.7 Å². The Balaban J connectivity index is 1.34. The van der Waals surface area contributed by atoms with Crippen LogP contribution in [0.1, 0.15) is 24.0 Å². The van der Waals surface area contributed by atoms with Crippen LogP contribution in [0.25, 0.3) is 27.5 Å². The Labute approximate surface area is 455 Å². The monoisotopic (exact) mass is 1200 g/mol. The summed E-state index contributed by atoms with van der Waals surface area (Å²) in [5, 5.41) is 104. The van der Waals surface area contributed by atoms with E-state index in [0.717, 1.165) is 47.6 Å². The second-order valence-corrected chi connectivity index (χ2v) is 22.6. The van der Waals surface area contributed by atoms with E-state index < -0.39 is 59.3 Å². The van der Waals surface area contributed by atoms with Gasteiger partial charge < -0.3 is 19.8 Å². The van der Waals surface area contributed by atoms with Crippen LogP contribution < -0.4 is 9.64 Å². The van der Waals surface area contributed by atoms with Crippen molar-refractivity contribution in [3.05, 3.63) is 65.7 Å². The first kappa shape index (κ1) is 58.7. The number of anilines is 1. The van der Waals surface area contributed by atoms with Crippen LogP contribution in [-0.4, -0.2) is 115 Å². The van der Waals surface area contributed by atoms with E-state index in [1.54, 1.807) is 29.2 Å². The molecule has 30 nitrogen and oxygen atoms in total. The van der Waals surface area contributed by atoms with Gasteiger partial charge in [-0.05, 0) is 56.2 Å². The van der Waals surface area contributed by atoms with Gasteiger partial charge in [-0.3, -0.25) is 13.5 Å². The molecule has 3 heterocycles. The van der Waals surface area contributed by atoms with Crippen LogP contribution in [0.5, 0.6) is 17.4 Å². The first-order valence-corrected chi connectivity index (χ1v) is 28.7. The molecule has 7 aromatic rings. The zero-order valence-electron chi connectivity index (χ0n) is 39.2. The Morgan fingerprint density at radius 1 is 0.792 bits per heavy atom. The Morgan fingerprint density at radius 2 is 1.49 bits per heavy atom. The highest BCUT2D eigenvalue weighted by atomic mass is 32.2. The number of aromatic nitrogens is 4. The van der Waals surface area contributed by atoms with Gasteiger partial charge in [-0.2, -0.15) is 22.1 Å². The molecule has 77 heavy (non-hydrogen) atoms. The molecule has 7 rings (SSSR count). The highest BCUT2D eigenvalue weighted by Gasteiger charge is 2.27. The average molecular weight is 1200 g/mol. The summed E-state index contributed by atoms with van der Waals surface area (Å²) in [5.41, 5.74) is 0.234. The van der Waals surface area contributed by atoms with Gasteiger partial charge >= 0.3 is 0 Å². The molecule has 37 heteroatoms. The van der Waals surface area contributed by atoms with Gasteiger partial charge in [0.15, 0.2) is 21.4 Å². The van der Waals surface area contributed by atoms with E-state index in [0.29, 0.717) is 33.3 Å². The number of fused-ring (bicyclic) bond motifs is 4. The summed E-state index contributed by atoms with van der Waals surface area (Å²) in [6.45, 7) is 1.55. The van der Waals surface area contributed by atoms with Crippen LogP contribution in [0.3, 0.4) is 0 Å². The molecule has 408 valence electrons. The molecule has 0 aliphatic rings. The van der Waals surface area contributed by atoms with E-state index in [9.17, 15) is 46.7 Å². The number of ether oxygens (including phenoxy) is 1. The summed E-state index contributed by atoms with van der Waals surface area (Å²) in [7, 11) is -8.40. The summed E-state index contributed by atoms with van der Waals surface area (Å²) in [6, 6.07) is 15.0. The van der Waals surface area contributed by atoms with Gasteiger partial charge in [-0.25, -0.2) is 20.8 Å². The quantitative estimate of drug-likeness (QED) is 0.00455. The molecule has 0 aliphatic carbocycles. The van der Waals surface area contributed by atoms with Crippen LogP contribution in [-0.2, 0) is 48.4 Å². The van der Waals surface area contributed by atoms with Crippen molar-refractivity contribution in [2.45, 2.75) is 33.9 Å². The maximum absolute atomic E-state index is 13.3. The number of aromatic hydroxyl groups is 2. The van der Waals surface area contributed by atoms with Crippen molar-refractivity contribution in [1.82, 2.24) is 19.6 Å². The van der Waals surface area contributed by atoms with Gasteiger partial charge in [0.05, 0.1) is 46.5 Å². The lowest BCUT2D eigenvalue weighted by Crippen LogP contribution is -2.27. The normalized spacial score (nSPS) is 12.4. The Hall–Kier alpha value is -6.00. The molecule has 0 spiro atoms. The number of hydrogen-bond donors (Lipinski definition) is 7. The molecule has 0 radical (unpaired) electrons. The van der Waals surface area contributed by atoms with Crippen molar-refractivity contribution < 1.29 is 84.8 Å². The molecule has 4 aromatic carbocycles. The summed E-state index contributed by atoms with van der Waals surface area (Å²) < 4.78 is 91.5. The minimum absolute atomic E-state index is 0.0255. The third kappa shape index (κ3) is 14.6. The fourth-order valence-electron chi connectivity index (χ4n) is 7.27. The minimum atomic E-state index is -5.28. The Bertz CT molecular complexity index is 3640. The van der Waals surface area contributed by atoms with Crippen LogP contribution >= 0.6 is 59.2 Å². The van der Waals surface area contributed by atoms with Gasteiger partial charge in [0, 0.05) is 76.8 Å². The van der Waals surface area contributed by atoms with Crippen LogP contribution in [0, 0.1) is 18.3 Å². The molecule has 0 unspecified atom stereocenters. The Morgan fingerprint density at radius 3 is 2.21 bits per heavy atom. The summed E-state index contributed by atoms with van der Waals surface area (Å²) >= 11 is 4.24. The van der Waals surface area contributed by atoms with Gasteiger partial charge in [0.2, 0.25) is 5.88 Å². The molecule has 0 saturated heterocycles. The molecule has 0 fully saturated rings. The standard InChI is InChI=1S/C40H38N12O18S7/c1-21-24(20-41)37-42-25-7-3-4-8-29(25)52(37)38(54)33(21)46-43-26-10-9-22-23(36(26)77(61,62)63)17-32(75-70-67-57)34(35(22)53)47-44-27-19-31(64-2)28(45-48-39-49-50-40(74-39)71-14-15-73-69-66-56)18-30(27)51(11-5-13-72-68-65-55)12-6-16-76(58,59)60/h3-4,7-10,17-19,53-57H,5-6,11-16H2,1-2H3,(H,58,59,60)(H,61,62,63). The predicted molar refractivity (Wildman–Crippen MR) is 278 cm³/mol. The molecule has 0 amide bonds. The number of imidazole rings is 1. The smallest absolute Gasteiger partial charge is 0.297 e. The number of nitriles is 1. The van der Waals surface area contributed by atoms with Crippen molar-refractivity contribution in [2.75, 3.05) is 48.1 Å². The van der Waals surface area contributed by atoms with Crippen LogP contribution in [0.2, 0.25) is 0 Å². The third-order valence-corrected chi connectivity index (χ3v) is 16.1. The van der Waals surface area contributed by atoms with E-state index in [4.69, 9.17) is 19.6 Å². The topological polar surface area (TPSA) is 419 Å². The summed E-state index contributed by atoms with van der Waals surface area (Å²) in [5.74, 6) is -0.703. The number of methoxy groups -OCH3 is 1. The number of azo groups is 3. The van der Waals surface area contributed by atoms with Gasteiger partial charge in [-0.1, -0.05) is 50.3 Å². The number of thioether (sulfide) groups is 1. The zero-order chi connectivity index (χ0) is 55.3. The van der Waals surface area contributed by atoms with Gasteiger partial charge in [0.25, 0.3) is 25.4 Å². The highest BCUT2D eigenvalue weighted by molar-refractivity contribution is 8.02. The van der Waals surface area contributed by atoms with Crippen molar-refractivity contribution in [1.29, 1.82) is 5.26 Å². The lowest BCUT2D eigenvalue weighted by molar-refractivity contribution is -0.432. The maximum Gasteiger partial charge on any atom is 0.297 e. The predicted octanol–water partition coefficient (Wildman–Crippen LogP) is 10.7. The van der Waals surface area contributed by atoms with Gasteiger partial charge in [0.1, 0.15) is 45.0 Å². The molecular formula is C40H38N12O18S7. The lowest BCUT2D eigenvalue weighted by atomic mass is 10.1. The molecule has 0 aliphatic heterocycles. The van der Waals surface area contributed by atoms with Gasteiger partial charge in [-0.15, -0.1) is 53.9 Å². The first-order valence-electron chi connectivity index (χ1n) is 21.3. The van der Waals surface area contributed by atoms with Crippen LogP contribution in [0.4, 0.5) is 39.3 Å². The summed E-state index contributed by atoms with van der Waals surface area (Å²) in [6.07, 6.45) is 0.176. The SMILES string of the molecule is COc1cc(N=Nc2c(SOOO)cc3c(S(=O)(=O)O)c(N=Nc4c(C)c(C#N)c5nc6ccccc6n5c4O)ccc3c2O)c(N(CCCSOOO)CCCS(=O)(=O)O)cc1N=Nc1nnc(SCCSOOO)s1. The molecule has 3 aromatic heterocycles. The molecule has 0 bridgehead atoms. The van der Waals surface area contributed by atoms with Crippen molar-refractivity contribution >= 4 is 146 Å². The number of pyridine rings is 1. The zero-order valence-corrected chi connectivity index (χ0v) is 44.9. The fourth-order valence-corrected chi connectivity index (χ4v) is 11.5. The van der Waals surface area contributed by atoms with E-state index >= 15 is 0 Å². The van der Waals surface area contributed by atoms with Crippen LogP contribution in [0.15, 0.2) is 99.4 Å². The molecular weight excluding hydrogens is 1160 g/mol. The number of phenols is 1. The molecule has 0 atom stereocenters. The molecule has 7 N–H and O–H groups in total. The second-order valence-electron chi connectivity index (χ2n) is 15.0. The van der Waals surface area contributed by atoms with Crippen molar-refractivity contribution in [3.8, 4) is 23.4 Å². The maximum atomic E-state index is 13.3. The highest BCUT2D eigenvalue weighted by Crippen LogP contribution is 2.49.